The summed E-state index contributed by atoms with van der Waals surface area (Å²) in [5.41, 5.74) is 0.512. The lowest BCUT2D eigenvalue weighted by atomic mass is 9.88. The van der Waals surface area contributed by atoms with Crippen molar-refractivity contribution in [1.82, 2.24) is 5.32 Å². The van der Waals surface area contributed by atoms with E-state index in [9.17, 15) is 13.9 Å². The highest BCUT2D eigenvalue weighted by Crippen LogP contribution is 2.21. The molecular formula is C14H21F2NO. The van der Waals surface area contributed by atoms with Crippen LogP contribution in [-0.4, -0.2) is 18.3 Å². The van der Waals surface area contributed by atoms with E-state index in [2.05, 4.69) is 5.32 Å². The Kier molecular flexibility index (Phi) is 5.23. The predicted molar refractivity (Wildman–Crippen MR) is 68.3 cm³/mol. The van der Waals surface area contributed by atoms with Crippen molar-refractivity contribution in [2.45, 2.75) is 33.2 Å². The molecular weight excluding hydrogens is 236 g/mol. The fourth-order valence-corrected chi connectivity index (χ4v) is 1.59. The van der Waals surface area contributed by atoms with E-state index >= 15 is 0 Å². The van der Waals surface area contributed by atoms with Gasteiger partial charge in [-0.2, -0.15) is 0 Å². The molecule has 0 saturated carbocycles. The van der Waals surface area contributed by atoms with Gasteiger partial charge in [-0.3, -0.25) is 0 Å². The van der Waals surface area contributed by atoms with Crippen molar-refractivity contribution in [3.63, 3.8) is 0 Å². The minimum Gasteiger partial charge on any atom is -0.396 e. The molecule has 0 bridgehead atoms. The third kappa shape index (κ3) is 3.75. The maximum absolute atomic E-state index is 13.1. The standard InChI is InChI=1S/C14H21F2NO/c1-4-14(3,9-18)8-17-10(2)11-5-6-12(15)13(16)7-11/h5-7,10,17-18H,4,8-9H2,1-3H3. The number of benzene rings is 1. The van der Waals surface area contributed by atoms with Crippen LogP contribution in [0.15, 0.2) is 18.2 Å². The van der Waals surface area contributed by atoms with E-state index in [1.807, 2.05) is 20.8 Å². The summed E-state index contributed by atoms with van der Waals surface area (Å²) in [7, 11) is 0. The molecule has 0 spiro atoms. The number of hydrogen-bond donors (Lipinski definition) is 2. The van der Waals surface area contributed by atoms with Gasteiger partial charge in [0, 0.05) is 24.6 Å². The minimum absolute atomic E-state index is 0.0856. The summed E-state index contributed by atoms with van der Waals surface area (Å²) < 4.78 is 25.9. The SMILES string of the molecule is CCC(C)(CO)CNC(C)c1ccc(F)c(F)c1. The van der Waals surface area contributed by atoms with E-state index in [1.54, 1.807) is 6.07 Å². The van der Waals surface area contributed by atoms with Gasteiger partial charge in [0.05, 0.1) is 0 Å². The lowest BCUT2D eigenvalue weighted by Gasteiger charge is -2.28. The molecule has 0 aliphatic rings. The second-order valence-electron chi connectivity index (χ2n) is 5.10. The monoisotopic (exact) mass is 257 g/mol. The summed E-state index contributed by atoms with van der Waals surface area (Å²) in [5.74, 6) is -1.67. The number of halogens is 2. The highest BCUT2D eigenvalue weighted by molar-refractivity contribution is 5.20. The number of nitrogens with one attached hydrogen (secondary N) is 1. The van der Waals surface area contributed by atoms with Gasteiger partial charge in [0.15, 0.2) is 11.6 Å². The molecule has 4 heteroatoms. The van der Waals surface area contributed by atoms with Crippen LogP contribution in [0.4, 0.5) is 8.78 Å². The highest BCUT2D eigenvalue weighted by Gasteiger charge is 2.21. The van der Waals surface area contributed by atoms with Gasteiger partial charge in [0.2, 0.25) is 0 Å². The van der Waals surface area contributed by atoms with Crippen molar-refractivity contribution in [2.75, 3.05) is 13.2 Å². The molecule has 0 aromatic heterocycles. The molecule has 2 unspecified atom stereocenters. The van der Waals surface area contributed by atoms with Gasteiger partial charge >= 0.3 is 0 Å². The van der Waals surface area contributed by atoms with E-state index in [-0.39, 0.29) is 18.1 Å². The summed E-state index contributed by atoms with van der Waals surface area (Å²) in [4.78, 5) is 0. The molecule has 18 heavy (non-hydrogen) atoms. The Morgan fingerprint density at radius 3 is 2.50 bits per heavy atom. The molecule has 102 valence electrons. The van der Waals surface area contributed by atoms with E-state index in [0.717, 1.165) is 12.5 Å². The van der Waals surface area contributed by atoms with Crippen LogP contribution >= 0.6 is 0 Å². The van der Waals surface area contributed by atoms with Crippen LogP contribution in [0, 0.1) is 17.0 Å². The molecule has 2 atom stereocenters. The van der Waals surface area contributed by atoms with E-state index in [4.69, 9.17) is 0 Å². The Morgan fingerprint density at radius 1 is 1.33 bits per heavy atom. The molecule has 0 amide bonds. The Hall–Kier alpha value is -1.00. The topological polar surface area (TPSA) is 32.3 Å². The van der Waals surface area contributed by atoms with E-state index < -0.39 is 11.6 Å². The van der Waals surface area contributed by atoms with Crippen LogP contribution in [0.1, 0.15) is 38.8 Å². The summed E-state index contributed by atoms with van der Waals surface area (Å²) in [5, 5.41) is 12.5. The number of aliphatic hydroxyl groups is 1. The first kappa shape index (κ1) is 15.1. The largest absolute Gasteiger partial charge is 0.396 e. The second-order valence-corrected chi connectivity index (χ2v) is 5.10. The fraction of sp³-hybridized carbons (Fsp3) is 0.571. The van der Waals surface area contributed by atoms with Gasteiger partial charge < -0.3 is 10.4 Å². The third-order valence-electron chi connectivity index (χ3n) is 3.51. The predicted octanol–water partition coefficient (Wildman–Crippen LogP) is 3.02. The zero-order valence-corrected chi connectivity index (χ0v) is 11.1. The van der Waals surface area contributed by atoms with Crippen molar-refractivity contribution in [1.29, 1.82) is 0 Å². The first-order valence-corrected chi connectivity index (χ1v) is 6.21. The maximum atomic E-state index is 13.1. The Balaban J connectivity index is 2.65. The van der Waals surface area contributed by atoms with Crippen molar-refractivity contribution >= 4 is 0 Å². The van der Waals surface area contributed by atoms with E-state index in [0.29, 0.717) is 12.1 Å². The van der Waals surface area contributed by atoms with Crippen LogP contribution in [-0.2, 0) is 0 Å². The molecule has 0 fully saturated rings. The van der Waals surface area contributed by atoms with Crippen LogP contribution in [0.3, 0.4) is 0 Å². The second kappa shape index (κ2) is 6.25. The van der Waals surface area contributed by atoms with Gasteiger partial charge in [0.1, 0.15) is 0 Å². The molecule has 0 heterocycles. The van der Waals surface area contributed by atoms with Gasteiger partial charge in [-0.25, -0.2) is 8.78 Å². The lowest BCUT2D eigenvalue weighted by molar-refractivity contribution is 0.132. The first-order valence-electron chi connectivity index (χ1n) is 6.21. The highest BCUT2D eigenvalue weighted by atomic mass is 19.2. The van der Waals surface area contributed by atoms with Crippen molar-refractivity contribution in [3.05, 3.63) is 35.4 Å². The smallest absolute Gasteiger partial charge is 0.159 e. The van der Waals surface area contributed by atoms with Crippen LogP contribution in [0.5, 0.6) is 0 Å². The minimum atomic E-state index is -0.834. The Morgan fingerprint density at radius 2 is 2.00 bits per heavy atom. The molecule has 0 saturated heterocycles. The van der Waals surface area contributed by atoms with E-state index in [1.165, 1.54) is 6.07 Å². The zero-order valence-electron chi connectivity index (χ0n) is 11.1. The van der Waals surface area contributed by atoms with Gasteiger partial charge in [-0.05, 0) is 31.0 Å². The molecule has 1 rings (SSSR count). The Labute approximate surface area is 107 Å². The summed E-state index contributed by atoms with van der Waals surface area (Å²) in [6.07, 6.45) is 0.848. The molecule has 1 aromatic carbocycles. The van der Waals surface area contributed by atoms with Crippen molar-refractivity contribution in [3.8, 4) is 0 Å². The quantitative estimate of drug-likeness (QED) is 0.821. The number of aliphatic hydroxyl groups excluding tert-OH is 1. The average molecular weight is 257 g/mol. The Bertz CT molecular complexity index is 391. The fourth-order valence-electron chi connectivity index (χ4n) is 1.59. The first-order chi connectivity index (χ1) is 8.41. The zero-order chi connectivity index (χ0) is 13.8. The van der Waals surface area contributed by atoms with Gasteiger partial charge in [-0.1, -0.05) is 19.9 Å². The third-order valence-corrected chi connectivity index (χ3v) is 3.51. The molecule has 0 aliphatic heterocycles. The molecule has 2 N–H and O–H groups in total. The van der Waals surface area contributed by atoms with Crippen LogP contribution < -0.4 is 5.32 Å². The van der Waals surface area contributed by atoms with Gasteiger partial charge in [0.25, 0.3) is 0 Å². The van der Waals surface area contributed by atoms with Crippen LogP contribution in [0.2, 0.25) is 0 Å². The normalized spacial score (nSPS) is 16.3. The summed E-state index contributed by atoms with van der Waals surface area (Å²) in [6.45, 7) is 6.61. The van der Waals surface area contributed by atoms with Gasteiger partial charge in [-0.15, -0.1) is 0 Å². The molecule has 0 radical (unpaired) electrons. The number of rotatable bonds is 6. The average Bonchev–Trinajstić information content (AvgIpc) is 2.38. The van der Waals surface area contributed by atoms with Crippen molar-refractivity contribution in [2.24, 2.45) is 5.41 Å². The summed E-state index contributed by atoms with van der Waals surface area (Å²) in [6, 6.07) is 3.82. The molecule has 1 aromatic rings. The van der Waals surface area contributed by atoms with Crippen molar-refractivity contribution < 1.29 is 13.9 Å². The molecule has 0 aliphatic carbocycles. The lowest BCUT2D eigenvalue weighted by Crippen LogP contribution is -2.35. The maximum Gasteiger partial charge on any atom is 0.159 e. The summed E-state index contributed by atoms with van der Waals surface area (Å²) >= 11 is 0. The molecule has 2 nitrogen and oxygen atoms in total. The number of hydrogen-bond acceptors (Lipinski definition) is 2. The van der Waals surface area contributed by atoms with Crippen LogP contribution in [0.25, 0.3) is 0 Å².